The first-order valence-electron chi connectivity index (χ1n) is 8.83. The molecule has 3 aromatic rings. The number of allylic oxidation sites excluding steroid dienone is 1. The van der Waals surface area contributed by atoms with E-state index in [1.54, 1.807) is 19.3 Å². The van der Waals surface area contributed by atoms with Crippen molar-refractivity contribution in [1.29, 1.82) is 0 Å². The lowest BCUT2D eigenvalue weighted by molar-refractivity contribution is 0.105. The Labute approximate surface area is 209 Å². The minimum Gasteiger partial charge on any atom is -0.496 e. The van der Waals surface area contributed by atoms with Gasteiger partial charge in [0.1, 0.15) is 22.4 Å². The number of halogens is 5. The van der Waals surface area contributed by atoms with Crippen molar-refractivity contribution in [2.24, 2.45) is 0 Å². The highest BCUT2D eigenvalue weighted by Gasteiger charge is 2.21. The molecule has 0 radical (unpaired) electrons. The molecular formula is C22H15Cl5O3S. The second-order valence-electron chi connectivity index (χ2n) is 6.37. The average molecular weight is 537 g/mol. The van der Waals surface area contributed by atoms with E-state index in [0.717, 1.165) is 10.4 Å². The minimum atomic E-state index is -0.0595. The molecule has 0 atom stereocenters. The molecule has 0 aliphatic rings. The van der Waals surface area contributed by atoms with Crippen molar-refractivity contribution in [2.75, 3.05) is 7.11 Å². The van der Waals surface area contributed by atoms with Crippen LogP contribution in [0.25, 0.3) is 6.08 Å². The lowest BCUT2D eigenvalue weighted by atomic mass is 10.1. The van der Waals surface area contributed by atoms with Gasteiger partial charge in [-0.15, -0.1) is 11.3 Å². The number of ketones is 1. The van der Waals surface area contributed by atoms with Gasteiger partial charge < -0.3 is 9.47 Å². The van der Waals surface area contributed by atoms with E-state index in [9.17, 15) is 4.79 Å². The quantitative estimate of drug-likeness (QED) is 0.131. The van der Waals surface area contributed by atoms with E-state index in [-0.39, 0.29) is 43.3 Å². The third kappa shape index (κ3) is 5.51. The molecule has 162 valence electrons. The van der Waals surface area contributed by atoms with E-state index in [2.05, 4.69) is 0 Å². The van der Waals surface area contributed by atoms with Crippen LogP contribution in [0.1, 0.15) is 25.7 Å². The zero-order valence-electron chi connectivity index (χ0n) is 16.3. The van der Waals surface area contributed by atoms with E-state index < -0.39 is 0 Å². The van der Waals surface area contributed by atoms with Crippen molar-refractivity contribution in [3.63, 3.8) is 0 Å². The van der Waals surface area contributed by atoms with Crippen LogP contribution in [0.5, 0.6) is 11.5 Å². The molecule has 0 N–H and O–H groups in total. The van der Waals surface area contributed by atoms with Gasteiger partial charge in [-0.1, -0.05) is 70.1 Å². The van der Waals surface area contributed by atoms with Crippen LogP contribution in [-0.4, -0.2) is 12.9 Å². The minimum absolute atomic E-state index is 0.0544. The summed E-state index contributed by atoms with van der Waals surface area (Å²) in [6.07, 6.45) is 3.26. The summed E-state index contributed by atoms with van der Waals surface area (Å²) in [5, 5.41) is 0.291. The van der Waals surface area contributed by atoms with Gasteiger partial charge in [0, 0.05) is 10.4 Å². The summed E-state index contributed by atoms with van der Waals surface area (Å²) in [4.78, 5) is 14.1. The van der Waals surface area contributed by atoms with Crippen LogP contribution in [0.4, 0.5) is 0 Å². The summed E-state index contributed by atoms with van der Waals surface area (Å²) >= 11 is 32.1. The highest BCUT2D eigenvalue weighted by Crippen LogP contribution is 2.48. The van der Waals surface area contributed by atoms with Crippen molar-refractivity contribution in [3.05, 3.63) is 82.4 Å². The first kappa shape index (κ1) is 24.2. The second kappa shape index (κ2) is 10.5. The number of aryl methyl sites for hydroxylation is 1. The van der Waals surface area contributed by atoms with Crippen LogP contribution in [0.3, 0.4) is 0 Å². The summed E-state index contributed by atoms with van der Waals surface area (Å²) in [7, 11) is 1.55. The van der Waals surface area contributed by atoms with E-state index in [4.69, 9.17) is 67.5 Å². The zero-order chi connectivity index (χ0) is 22.7. The van der Waals surface area contributed by atoms with Gasteiger partial charge >= 0.3 is 0 Å². The Morgan fingerprint density at radius 2 is 1.61 bits per heavy atom. The molecule has 31 heavy (non-hydrogen) atoms. The highest BCUT2D eigenvalue weighted by atomic mass is 35.5. The summed E-state index contributed by atoms with van der Waals surface area (Å²) in [5.41, 5.74) is 1.50. The lowest BCUT2D eigenvalue weighted by Crippen LogP contribution is -2.01. The second-order valence-corrected chi connectivity index (χ2v) is 9.54. The van der Waals surface area contributed by atoms with Crippen molar-refractivity contribution >= 4 is 81.2 Å². The van der Waals surface area contributed by atoms with Crippen molar-refractivity contribution in [1.82, 2.24) is 0 Å². The highest BCUT2D eigenvalue weighted by molar-refractivity contribution is 7.14. The van der Waals surface area contributed by atoms with Crippen molar-refractivity contribution in [2.45, 2.75) is 13.5 Å². The Morgan fingerprint density at radius 1 is 0.968 bits per heavy atom. The molecule has 9 heteroatoms. The summed E-state index contributed by atoms with van der Waals surface area (Å²) in [6, 6.07) is 9.18. The number of hydrogen-bond acceptors (Lipinski definition) is 4. The van der Waals surface area contributed by atoms with Crippen molar-refractivity contribution in [3.8, 4) is 11.5 Å². The van der Waals surface area contributed by atoms with Crippen LogP contribution in [0, 0.1) is 6.92 Å². The first-order valence-corrected chi connectivity index (χ1v) is 11.5. The predicted molar refractivity (Wildman–Crippen MR) is 131 cm³/mol. The molecule has 0 spiro atoms. The first-order chi connectivity index (χ1) is 14.7. The van der Waals surface area contributed by atoms with Gasteiger partial charge in [0.05, 0.1) is 27.1 Å². The SMILES string of the molecule is COc1ccc(/C=C/C(=O)c2ccc(C)s2)cc1COc1c(Cl)c(Cl)c(Cl)c(Cl)c1Cl. The molecule has 3 nitrogen and oxygen atoms in total. The Balaban J connectivity index is 1.84. The summed E-state index contributed by atoms with van der Waals surface area (Å²) in [6.45, 7) is 2.02. The van der Waals surface area contributed by atoms with Crippen LogP contribution in [-0.2, 0) is 6.61 Å². The largest absolute Gasteiger partial charge is 0.496 e. The standard InChI is InChI=1S/C22H15Cl5O3S/c1-11-3-8-16(31-11)14(28)6-4-12-5-7-15(29-2)13(9-12)10-30-22-20(26)18(24)17(23)19(25)21(22)27/h3-9H,10H2,1-2H3/b6-4+. The fraction of sp³-hybridized carbons (Fsp3) is 0.136. The third-order valence-electron chi connectivity index (χ3n) is 4.26. The average Bonchev–Trinajstić information content (AvgIpc) is 3.21. The van der Waals surface area contributed by atoms with Gasteiger partial charge in [-0.3, -0.25) is 4.79 Å². The van der Waals surface area contributed by atoms with Crippen LogP contribution in [0.15, 0.2) is 36.4 Å². The molecule has 3 rings (SSSR count). The molecule has 0 fully saturated rings. The zero-order valence-corrected chi connectivity index (χ0v) is 20.9. The number of benzene rings is 2. The number of ether oxygens (including phenoxy) is 2. The molecule has 0 saturated carbocycles. The molecule has 0 aliphatic heterocycles. The monoisotopic (exact) mass is 534 g/mol. The van der Waals surface area contributed by atoms with Gasteiger partial charge in [0.25, 0.3) is 0 Å². The van der Waals surface area contributed by atoms with Gasteiger partial charge in [-0.25, -0.2) is 0 Å². The molecule has 1 aromatic heterocycles. The maximum atomic E-state index is 12.3. The number of thiophene rings is 1. The Morgan fingerprint density at radius 3 is 2.19 bits per heavy atom. The maximum Gasteiger partial charge on any atom is 0.195 e. The maximum absolute atomic E-state index is 12.3. The molecule has 1 heterocycles. The molecule has 0 aliphatic carbocycles. The fourth-order valence-corrected chi connectivity index (χ4v) is 4.72. The molecule has 2 aromatic carbocycles. The van der Waals surface area contributed by atoms with E-state index in [0.29, 0.717) is 16.2 Å². The van der Waals surface area contributed by atoms with Crippen LogP contribution < -0.4 is 9.47 Å². The number of rotatable bonds is 7. The topological polar surface area (TPSA) is 35.5 Å². The predicted octanol–water partition coefficient (Wildman–Crippen LogP) is 8.81. The van der Waals surface area contributed by atoms with Gasteiger partial charge in [-0.2, -0.15) is 0 Å². The van der Waals surface area contributed by atoms with E-state index in [1.807, 2.05) is 31.2 Å². The molecule has 0 saturated heterocycles. The molecule has 0 amide bonds. The summed E-state index contributed by atoms with van der Waals surface area (Å²) in [5.74, 6) is 0.653. The van der Waals surface area contributed by atoms with Crippen molar-refractivity contribution < 1.29 is 14.3 Å². The molecular weight excluding hydrogens is 522 g/mol. The van der Waals surface area contributed by atoms with Crippen LogP contribution >= 0.6 is 69.3 Å². The van der Waals surface area contributed by atoms with Crippen LogP contribution in [0.2, 0.25) is 25.1 Å². The van der Waals surface area contributed by atoms with E-state index >= 15 is 0 Å². The Kier molecular flexibility index (Phi) is 8.19. The van der Waals surface area contributed by atoms with Gasteiger partial charge in [-0.05, 0) is 42.8 Å². The number of carbonyl (C=O) groups excluding carboxylic acids is 1. The lowest BCUT2D eigenvalue weighted by Gasteiger charge is -2.15. The number of carbonyl (C=O) groups is 1. The molecule has 0 bridgehead atoms. The van der Waals surface area contributed by atoms with E-state index in [1.165, 1.54) is 17.4 Å². The Hall–Kier alpha value is -1.40. The van der Waals surface area contributed by atoms with Gasteiger partial charge in [0.15, 0.2) is 11.5 Å². The summed E-state index contributed by atoms with van der Waals surface area (Å²) < 4.78 is 11.2. The Bertz CT molecular complexity index is 1140. The fourth-order valence-electron chi connectivity index (χ4n) is 2.70. The van der Waals surface area contributed by atoms with Gasteiger partial charge in [0.2, 0.25) is 0 Å². The number of hydrogen-bond donors (Lipinski definition) is 0. The number of methoxy groups -OCH3 is 1. The smallest absolute Gasteiger partial charge is 0.195 e. The third-order valence-corrected chi connectivity index (χ3v) is 7.51. The molecule has 0 unspecified atom stereocenters. The normalized spacial score (nSPS) is 11.2.